The molecule has 0 radical (unpaired) electrons. The summed E-state index contributed by atoms with van der Waals surface area (Å²) in [6, 6.07) is -0.0551. The number of amides is 1. The molecule has 1 amide bonds. The van der Waals surface area contributed by atoms with Crippen LogP contribution in [0, 0.1) is 5.92 Å². The highest BCUT2D eigenvalue weighted by Crippen LogP contribution is 2.25. The molecule has 1 aliphatic rings. The normalized spacial score (nSPS) is 23.4. The van der Waals surface area contributed by atoms with Gasteiger partial charge in [-0.15, -0.1) is 0 Å². The molecule has 4 N–H and O–H groups in total. The second-order valence-corrected chi connectivity index (χ2v) is 4.25. The minimum Gasteiger partial charge on any atom is -0.480 e. The van der Waals surface area contributed by atoms with Gasteiger partial charge >= 0.3 is 11.9 Å². The van der Waals surface area contributed by atoms with Gasteiger partial charge in [-0.1, -0.05) is 0 Å². The molecular formula is C10H16N2O5. The van der Waals surface area contributed by atoms with Gasteiger partial charge in [0.25, 0.3) is 0 Å². The summed E-state index contributed by atoms with van der Waals surface area (Å²) in [6.45, 7) is -1.17. The Morgan fingerprint density at radius 2 is 1.65 bits per heavy atom. The van der Waals surface area contributed by atoms with Gasteiger partial charge in [0.2, 0.25) is 5.91 Å². The summed E-state index contributed by atoms with van der Waals surface area (Å²) < 4.78 is 0. The number of nitrogens with two attached hydrogens (primary N) is 1. The average molecular weight is 244 g/mol. The third kappa shape index (κ3) is 4.03. The fourth-order valence-electron chi connectivity index (χ4n) is 2.04. The summed E-state index contributed by atoms with van der Waals surface area (Å²) in [5.74, 6) is -3.21. The number of carboxylic acid groups (broad SMARTS) is 2. The van der Waals surface area contributed by atoms with Crippen LogP contribution < -0.4 is 5.73 Å². The lowest BCUT2D eigenvalue weighted by Gasteiger charge is -2.22. The monoisotopic (exact) mass is 244 g/mol. The van der Waals surface area contributed by atoms with Crippen LogP contribution in [0.15, 0.2) is 0 Å². The molecule has 96 valence electrons. The van der Waals surface area contributed by atoms with Crippen molar-refractivity contribution in [3.05, 3.63) is 0 Å². The van der Waals surface area contributed by atoms with Crippen molar-refractivity contribution < 1.29 is 24.6 Å². The van der Waals surface area contributed by atoms with Gasteiger partial charge in [-0.2, -0.15) is 0 Å². The van der Waals surface area contributed by atoms with E-state index in [9.17, 15) is 14.4 Å². The van der Waals surface area contributed by atoms with E-state index in [2.05, 4.69) is 0 Å². The standard InChI is InChI=1S/C10H16N2O5/c11-7-2-1-6(3-7)10(17)12(4-8(13)14)5-9(15)16/h6-7H,1-5,11H2,(H,13,14)(H,15,16). The molecule has 1 fully saturated rings. The van der Waals surface area contributed by atoms with Crippen molar-refractivity contribution in [2.24, 2.45) is 11.7 Å². The molecule has 1 saturated carbocycles. The molecule has 0 aliphatic heterocycles. The number of hydrogen-bond donors (Lipinski definition) is 3. The third-order valence-corrected chi connectivity index (χ3v) is 2.79. The first-order valence-corrected chi connectivity index (χ1v) is 5.38. The highest BCUT2D eigenvalue weighted by Gasteiger charge is 2.32. The van der Waals surface area contributed by atoms with Crippen LogP contribution >= 0.6 is 0 Å². The van der Waals surface area contributed by atoms with Crippen LogP contribution in [-0.2, 0) is 14.4 Å². The molecule has 7 heteroatoms. The predicted octanol–water partition coefficient (Wildman–Crippen LogP) is -0.888. The number of carbonyl (C=O) groups excluding carboxylic acids is 1. The fraction of sp³-hybridized carbons (Fsp3) is 0.700. The first-order valence-electron chi connectivity index (χ1n) is 5.38. The van der Waals surface area contributed by atoms with E-state index >= 15 is 0 Å². The molecule has 2 atom stereocenters. The van der Waals surface area contributed by atoms with Gasteiger partial charge in [0.05, 0.1) is 0 Å². The Morgan fingerprint density at radius 1 is 1.12 bits per heavy atom. The quantitative estimate of drug-likeness (QED) is 0.577. The second kappa shape index (κ2) is 5.62. The Kier molecular flexibility index (Phi) is 4.45. The summed E-state index contributed by atoms with van der Waals surface area (Å²) in [7, 11) is 0. The Hall–Kier alpha value is -1.63. The zero-order valence-electron chi connectivity index (χ0n) is 9.33. The summed E-state index contributed by atoms with van der Waals surface area (Å²) in [5, 5.41) is 17.3. The van der Waals surface area contributed by atoms with Gasteiger partial charge in [-0.3, -0.25) is 14.4 Å². The predicted molar refractivity (Wildman–Crippen MR) is 57.2 cm³/mol. The Bertz CT molecular complexity index is 315. The summed E-state index contributed by atoms with van der Waals surface area (Å²) in [5.41, 5.74) is 5.66. The topological polar surface area (TPSA) is 121 Å². The van der Waals surface area contributed by atoms with Crippen LogP contribution in [-0.4, -0.2) is 52.1 Å². The lowest BCUT2D eigenvalue weighted by Crippen LogP contribution is -2.42. The number of nitrogens with zero attached hydrogens (tertiary/aromatic N) is 1. The lowest BCUT2D eigenvalue weighted by molar-refractivity contribution is -0.151. The third-order valence-electron chi connectivity index (χ3n) is 2.79. The SMILES string of the molecule is NC1CCC(C(=O)N(CC(=O)O)CC(=O)O)C1. The molecule has 7 nitrogen and oxygen atoms in total. The van der Waals surface area contributed by atoms with Gasteiger partial charge in [-0.05, 0) is 19.3 Å². The molecule has 2 unspecified atom stereocenters. The highest BCUT2D eigenvalue weighted by molar-refractivity contribution is 5.86. The van der Waals surface area contributed by atoms with Gasteiger partial charge in [0, 0.05) is 12.0 Å². The number of rotatable bonds is 5. The van der Waals surface area contributed by atoms with Gasteiger partial charge in [0.15, 0.2) is 0 Å². The van der Waals surface area contributed by atoms with E-state index < -0.39 is 30.9 Å². The molecule has 0 bridgehead atoms. The molecule has 0 saturated heterocycles. The summed E-state index contributed by atoms with van der Waals surface area (Å²) in [6.07, 6.45) is 1.80. The van der Waals surface area contributed by atoms with Crippen molar-refractivity contribution in [3.8, 4) is 0 Å². The van der Waals surface area contributed by atoms with E-state index in [1.165, 1.54) is 0 Å². The number of hydrogen-bond acceptors (Lipinski definition) is 4. The zero-order chi connectivity index (χ0) is 13.0. The molecular weight excluding hydrogens is 228 g/mol. The maximum absolute atomic E-state index is 11.9. The van der Waals surface area contributed by atoms with Gasteiger partial charge in [-0.25, -0.2) is 0 Å². The van der Waals surface area contributed by atoms with Crippen LogP contribution in [0.1, 0.15) is 19.3 Å². The number of aliphatic carboxylic acids is 2. The Morgan fingerprint density at radius 3 is 2.00 bits per heavy atom. The van der Waals surface area contributed by atoms with E-state index in [1.54, 1.807) is 0 Å². The molecule has 1 aliphatic carbocycles. The molecule has 0 heterocycles. The van der Waals surface area contributed by atoms with E-state index in [0.29, 0.717) is 19.3 Å². The molecule has 1 rings (SSSR count). The van der Waals surface area contributed by atoms with E-state index in [-0.39, 0.29) is 12.0 Å². The molecule has 0 aromatic rings. The smallest absolute Gasteiger partial charge is 0.323 e. The van der Waals surface area contributed by atoms with Crippen molar-refractivity contribution >= 4 is 17.8 Å². The van der Waals surface area contributed by atoms with E-state index in [4.69, 9.17) is 15.9 Å². The van der Waals surface area contributed by atoms with Crippen LogP contribution in [0.5, 0.6) is 0 Å². The first kappa shape index (κ1) is 13.4. The van der Waals surface area contributed by atoms with Gasteiger partial charge in [0.1, 0.15) is 13.1 Å². The van der Waals surface area contributed by atoms with Gasteiger partial charge < -0.3 is 20.8 Å². The van der Waals surface area contributed by atoms with Crippen LogP contribution in [0.4, 0.5) is 0 Å². The first-order chi connectivity index (χ1) is 7.90. The highest BCUT2D eigenvalue weighted by atomic mass is 16.4. The van der Waals surface area contributed by atoms with Crippen molar-refractivity contribution in [1.82, 2.24) is 4.90 Å². The Labute approximate surface area is 98.2 Å². The summed E-state index contributed by atoms with van der Waals surface area (Å²) in [4.78, 5) is 33.9. The van der Waals surface area contributed by atoms with Crippen LogP contribution in [0.25, 0.3) is 0 Å². The minimum absolute atomic E-state index is 0.0551. The van der Waals surface area contributed by atoms with Crippen molar-refractivity contribution in [2.45, 2.75) is 25.3 Å². The van der Waals surface area contributed by atoms with Crippen LogP contribution in [0.2, 0.25) is 0 Å². The molecule has 17 heavy (non-hydrogen) atoms. The largest absolute Gasteiger partial charge is 0.480 e. The average Bonchev–Trinajstić information content (AvgIpc) is 2.61. The maximum atomic E-state index is 11.9. The minimum atomic E-state index is -1.22. The maximum Gasteiger partial charge on any atom is 0.323 e. The fourth-order valence-corrected chi connectivity index (χ4v) is 2.04. The van der Waals surface area contributed by atoms with E-state index in [1.807, 2.05) is 0 Å². The molecule has 0 spiro atoms. The zero-order valence-corrected chi connectivity index (χ0v) is 9.33. The molecule has 0 aromatic heterocycles. The van der Waals surface area contributed by atoms with Crippen molar-refractivity contribution in [3.63, 3.8) is 0 Å². The van der Waals surface area contributed by atoms with Crippen molar-refractivity contribution in [2.75, 3.05) is 13.1 Å². The van der Waals surface area contributed by atoms with Crippen LogP contribution in [0.3, 0.4) is 0 Å². The lowest BCUT2D eigenvalue weighted by atomic mass is 10.1. The summed E-state index contributed by atoms with van der Waals surface area (Å²) >= 11 is 0. The van der Waals surface area contributed by atoms with Crippen molar-refractivity contribution in [1.29, 1.82) is 0 Å². The number of carboxylic acids is 2. The number of carbonyl (C=O) groups is 3. The Balaban J connectivity index is 2.64. The second-order valence-electron chi connectivity index (χ2n) is 4.25. The molecule has 0 aromatic carbocycles. The van der Waals surface area contributed by atoms with E-state index in [0.717, 1.165) is 4.90 Å².